The Bertz CT molecular complexity index is 770. The van der Waals surface area contributed by atoms with E-state index in [1.165, 1.54) is 11.1 Å². The van der Waals surface area contributed by atoms with Gasteiger partial charge in [-0.25, -0.2) is 9.48 Å². The maximum Gasteiger partial charge on any atom is 0.326 e. The summed E-state index contributed by atoms with van der Waals surface area (Å²) in [6.45, 7) is 2.29. The average Bonchev–Trinajstić information content (AvgIpc) is 2.96. The number of halogens is 1. The second-order valence-electron chi connectivity index (χ2n) is 5.88. The zero-order valence-electron chi connectivity index (χ0n) is 13.3. The van der Waals surface area contributed by atoms with Gasteiger partial charge in [0.2, 0.25) is 0 Å². The lowest BCUT2D eigenvalue weighted by Crippen LogP contribution is -2.48. The Kier molecular flexibility index (Phi) is 4.71. The molecular formula is C17H18BrN3O3. The zero-order chi connectivity index (χ0) is 17.3. The number of nitrogens with zero attached hydrogens (tertiary/aromatic N) is 3. The Morgan fingerprint density at radius 1 is 1.25 bits per heavy atom. The normalized spacial score (nSPS) is 17.8. The minimum Gasteiger partial charge on any atom is -0.480 e. The van der Waals surface area contributed by atoms with Crippen LogP contribution in [-0.2, 0) is 4.79 Å². The van der Waals surface area contributed by atoms with Crippen LogP contribution in [0.25, 0.3) is 5.69 Å². The third-order valence-electron chi connectivity index (χ3n) is 4.36. The fraction of sp³-hybridized carbons (Fsp3) is 0.353. The zero-order valence-corrected chi connectivity index (χ0v) is 14.9. The van der Waals surface area contributed by atoms with Crippen molar-refractivity contribution < 1.29 is 14.7 Å². The van der Waals surface area contributed by atoms with Crippen molar-refractivity contribution in [2.24, 2.45) is 0 Å². The molecule has 0 saturated carbocycles. The Labute approximate surface area is 148 Å². The van der Waals surface area contributed by atoms with E-state index in [1.54, 1.807) is 4.68 Å². The van der Waals surface area contributed by atoms with Crippen LogP contribution in [0.1, 0.15) is 35.3 Å². The molecule has 1 N–H and O–H groups in total. The molecule has 2 aromatic rings. The van der Waals surface area contributed by atoms with E-state index in [2.05, 4.69) is 21.0 Å². The van der Waals surface area contributed by atoms with Gasteiger partial charge in [-0.1, -0.05) is 15.9 Å². The summed E-state index contributed by atoms with van der Waals surface area (Å²) >= 11 is 3.39. The number of carboxylic acids is 1. The summed E-state index contributed by atoms with van der Waals surface area (Å²) in [4.78, 5) is 25.7. The van der Waals surface area contributed by atoms with Gasteiger partial charge >= 0.3 is 5.97 Å². The van der Waals surface area contributed by atoms with Crippen LogP contribution in [0.3, 0.4) is 0 Å². The number of aromatic nitrogens is 2. The first-order valence-corrected chi connectivity index (χ1v) is 8.62. The molecule has 1 saturated heterocycles. The van der Waals surface area contributed by atoms with Gasteiger partial charge in [-0.2, -0.15) is 5.10 Å². The first-order valence-electron chi connectivity index (χ1n) is 7.83. The van der Waals surface area contributed by atoms with Crippen molar-refractivity contribution in [3.05, 3.63) is 46.2 Å². The van der Waals surface area contributed by atoms with E-state index in [1.807, 2.05) is 31.2 Å². The molecule has 7 heteroatoms. The van der Waals surface area contributed by atoms with Crippen LogP contribution in [-0.4, -0.2) is 44.3 Å². The Balaban J connectivity index is 1.91. The third-order valence-corrected chi connectivity index (χ3v) is 4.89. The summed E-state index contributed by atoms with van der Waals surface area (Å²) in [6, 6.07) is 6.87. The Morgan fingerprint density at radius 2 is 1.96 bits per heavy atom. The molecule has 1 aromatic heterocycles. The van der Waals surface area contributed by atoms with Crippen LogP contribution >= 0.6 is 15.9 Å². The van der Waals surface area contributed by atoms with Gasteiger partial charge in [0.05, 0.1) is 23.1 Å². The summed E-state index contributed by atoms with van der Waals surface area (Å²) in [5.74, 6) is -1.20. The standard InChI is InChI=1S/C17H18BrN3O3/c1-11-14(10-19-21(11)13-7-5-12(18)6-8-13)16(22)20-9-3-2-4-15(20)17(23)24/h5-8,10,15H,2-4,9H2,1H3,(H,23,24). The summed E-state index contributed by atoms with van der Waals surface area (Å²) in [7, 11) is 0. The lowest BCUT2D eigenvalue weighted by Gasteiger charge is -2.32. The minimum absolute atomic E-state index is 0.261. The van der Waals surface area contributed by atoms with Crippen molar-refractivity contribution in [1.82, 2.24) is 14.7 Å². The highest BCUT2D eigenvalue weighted by molar-refractivity contribution is 9.10. The molecule has 126 valence electrons. The first kappa shape index (κ1) is 16.7. The van der Waals surface area contributed by atoms with Crippen molar-refractivity contribution in [2.75, 3.05) is 6.54 Å². The van der Waals surface area contributed by atoms with Crippen molar-refractivity contribution in [2.45, 2.75) is 32.2 Å². The molecule has 0 spiro atoms. The number of carboxylic acid groups (broad SMARTS) is 1. The van der Waals surface area contributed by atoms with E-state index in [4.69, 9.17) is 0 Å². The van der Waals surface area contributed by atoms with Crippen LogP contribution in [0.15, 0.2) is 34.9 Å². The topological polar surface area (TPSA) is 75.4 Å². The predicted octanol–water partition coefficient (Wildman–Crippen LogP) is 3.02. The number of amides is 1. The Morgan fingerprint density at radius 3 is 2.62 bits per heavy atom. The SMILES string of the molecule is Cc1c(C(=O)N2CCCCC2C(=O)O)cnn1-c1ccc(Br)cc1. The van der Waals surface area contributed by atoms with Gasteiger partial charge in [0.25, 0.3) is 5.91 Å². The van der Waals surface area contributed by atoms with E-state index in [0.29, 0.717) is 24.2 Å². The molecule has 1 amide bonds. The average molecular weight is 392 g/mol. The number of likely N-dealkylation sites (tertiary alicyclic amines) is 1. The second kappa shape index (κ2) is 6.76. The fourth-order valence-electron chi connectivity index (χ4n) is 3.05. The molecular weight excluding hydrogens is 374 g/mol. The Hall–Kier alpha value is -2.15. The number of rotatable bonds is 3. The molecule has 0 aliphatic carbocycles. The summed E-state index contributed by atoms with van der Waals surface area (Å²) < 4.78 is 2.66. The molecule has 6 nitrogen and oxygen atoms in total. The van der Waals surface area contributed by atoms with E-state index < -0.39 is 12.0 Å². The maximum absolute atomic E-state index is 12.8. The number of aliphatic carboxylic acids is 1. The highest BCUT2D eigenvalue weighted by Crippen LogP contribution is 2.23. The number of piperidine rings is 1. The van der Waals surface area contributed by atoms with E-state index in [0.717, 1.165) is 23.0 Å². The molecule has 0 bridgehead atoms. The highest BCUT2D eigenvalue weighted by Gasteiger charge is 2.33. The van der Waals surface area contributed by atoms with E-state index in [9.17, 15) is 14.7 Å². The molecule has 1 aromatic carbocycles. The largest absolute Gasteiger partial charge is 0.480 e. The smallest absolute Gasteiger partial charge is 0.326 e. The van der Waals surface area contributed by atoms with Gasteiger partial charge in [0.15, 0.2) is 0 Å². The lowest BCUT2D eigenvalue weighted by molar-refractivity contribution is -0.143. The summed E-state index contributed by atoms with van der Waals surface area (Å²) in [5, 5.41) is 13.7. The van der Waals surface area contributed by atoms with Gasteiger partial charge in [-0.3, -0.25) is 4.79 Å². The number of benzene rings is 1. The number of carbonyl (C=O) groups is 2. The molecule has 3 rings (SSSR count). The molecule has 0 radical (unpaired) electrons. The number of hydrogen-bond acceptors (Lipinski definition) is 3. The number of hydrogen-bond donors (Lipinski definition) is 1. The van der Waals surface area contributed by atoms with Crippen LogP contribution < -0.4 is 0 Å². The fourth-order valence-corrected chi connectivity index (χ4v) is 3.31. The minimum atomic E-state index is -0.944. The van der Waals surface area contributed by atoms with E-state index >= 15 is 0 Å². The lowest BCUT2D eigenvalue weighted by atomic mass is 10.0. The highest BCUT2D eigenvalue weighted by atomic mass is 79.9. The number of carbonyl (C=O) groups excluding carboxylic acids is 1. The van der Waals surface area contributed by atoms with Gasteiger partial charge in [-0.15, -0.1) is 0 Å². The van der Waals surface area contributed by atoms with Crippen molar-refractivity contribution in [1.29, 1.82) is 0 Å². The molecule has 1 atom stereocenters. The van der Waals surface area contributed by atoms with Gasteiger partial charge in [-0.05, 0) is 50.5 Å². The van der Waals surface area contributed by atoms with Gasteiger partial charge in [0, 0.05) is 11.0 Å². The van der Waals surface area contributed by atoms with Crippen LogP contribution in [0, 0.1) is 6.92 Å². The molecule has 24 heavy (non-hydrogen) atoms. The summed E-state index contributed by atoms with van der Waals surface area (Å²) in [5.41, 5.74) is 2.01. The van der Waals surface area contributed by atoms with Crippen LogP contribution in [0.5, 0.6) is 0 Å². The van der Waals surface area contributed by atoms with E-state index in [-0.39, 0.29) is 5.91 Å². The second-order valence-corrected chi connectivity index (χ2v) is 6.80. The van der Waals surface area contributed by atoms with Crippen LogP contribution in [0.4, 0.5) is 0 Å². The quantitative estimate of drug-likeness (QED) is 0.872. The van der Waals surface area contributed by atoms with Gasteiger partial charge < -0.3 is 10.0 Å². The molecule has 1 aliphatic rings. The molecule has 2 heterocycles. The first-order chi connectivity index (χ1) is 11.5. The van der Waals surface area contributed by atoms with Gasteiger partial charge in [0.1, 0.15) is 6.04 Å². The molecule has 1 aliphatic heterocycles. The van der Waals surface area contributed by atoms with Crippen LogP contribution in [0.2, 0.25) is 0 Å². The third kappa shape index (κ3) is 3.08. The summed E-state index contributed by atoms with van der Waals surface area (Å²) in [6.07, 6.45) is 3.68. The predicted molar refractivity (Wildman–Crippen MR) is 92.3 cm³/mol. The van der Waals surface area contributed by atoms with Crippen molar-refractivity contribution >= 4 is 27.8 Å². The monoisotopic (exact) mass is 391 g/mol. The van der Waals surface area contributed by atoms with Crippen molar-refractivity contribution in [3.63, 3.8) is 0 Å². The molecule has 1 fully saturated rings. The van der Waals surface area contributed by atoms with Crippen molar-refractivity contribution in [3.8, 4) is 5.69 Å². The molecule has 1 unspecified atom stereocenters. The maximum atomic E-state index is 12.8.